The number of nitrogens with two attached hydrogens (primary N) is 1. The molecule has 60 heavy (non-hydrogen) atoms. The lowest BCUT2D eigenvalue weighted by molar-refractivity contribution is -0.154. The summed E-state index contributed by atoms with van der Waals surface area (Å²) in [4.78, 5) is 22.6. The van der Waals surface area contributed by atoms with Gasteiger partial charge in [0.25, 0.3) is 0 Å². The fourth-order valence-corrected chi connectivity index (χ4v) is 8.88. The highest BCUT2D eigenvalue weighted by Crippen LogP contribution is 2.43. The number of hydrogen-bond acceptors (Lipinski definition) is 7. The minimum absolute atomic E-state index is 0.0896. The van der Waals surface area contributed by atoms with Crippen LogP contribution in [0.2, 0.25) is 0 Å². The van der Waals surface area contributed by atoms with Crippen LogP contribution < -0.4 is 5.73 Å². The van der Waals surface area contributed by atoms with Gasteiger partial charge in [-0.15, -0.1) is 0 Å². The third-order valence-electron chi connectivity index (χ3n) is 12.0. The fraction of sp³-hybridized carbons (Fsp3) is 0.980. The summed E-state index contributed by atoms with van der Waals surface area (Å²) in [7, 11) is -4.27. The Bertz CT molecular complexity index is 894. The van der Waals surface area contributed by atoms with Crippen molar-refractivity contribution >= 4 is 13.8 Å². The van der Waals surface area contributed by atoms with E-state index in [4.69, 9.17) is 24.3 Å². The SMILES string of the molecule is CCCCCCCCCCCCCCCCCCCCCCCC(=O)O[C@H](COCCCCCCCCCCCCCCCCCCCCCC)COP(=O)(O)OCCN. The van der Waals surface area contributed by atoms with Crippen molar-refractivity contribution < 1.29 is 32.8 Å². The van der Waals surface area contributed by atoms with Crippen LogP contribution in [0.5, 0.6) is 0 Å². The van der Waals surface area contributed by atoms with Crippen LogP contribution in [-0.4, -0.2) is 49.9 Å². The van der Waals surface area contributed by atoms with Gasteiger partial charge < -0.3 is 20.1 Å². The van der Waals surface area contributed by atoms with Crippen molar-refractivity contribution in [3.05, 3.63) is 0 Å². The molecule has 0 saturated heterocycles. The number of rotatable bonds is 52. The maximum atomic E-state index is 12.7. The van der Waals surface area contributed by atoms with E-state index in [1.54, 1.807) is 0 Å². The summed E-state index contributed by atoms with van der Waals surface area (Å²) in [6.45, 7) is 5.02. The molecule has 0 aromatic heterocycles. The second kappa shape index (κ2) is 49.5. The lowest BCUT2D eigenvalue weighted by atomic mass is 10.0. The number of ether oxygens (including phenoxy) is 2. The minimum Gasteiger partial charge on any atom is -0.457 e. The number of phosphoric ester groups is 1. The van der Waals surface area contributed by atoms with Crippen molar-refractivity contribution in [1.82, 2.24) is 0 Å². The molecular formula is C51H104NO7P. The lowest BCUT2D eigenvalue weighted by Gasteiger charge is -2.20. The monoisotopic (exact) mass is 874 g/mol. The van der Waals surface area contributed by atoms with E-state index in [9.17, 15) is 14.3 Å². The van der Waals surface area contributed by atoms with E-state index < -0.39 is 13.9 Å². The molecule has 9 heteroatoms. The molecule has 0 aromatic rings. The molecule has 0 fully saturated rings. The topological polar surface area (TPSA) is 117 Å². The Labute approximate surface area is 373 Å². The van der Waals surface area contributed by atoms with Crippen LogP contribution in [0.3, 0.4) is 0 Å². The number of unbranched alkanes of at least 4 members (excludes halogenated alkanes) is 39. The third-order valence-corrected chi connectivity index (χ3v) is 13.0. The Morgan fingerprint density at radius 3 is 1.05 bits per heavy atom. The standard InChI is InChI=1S/C51H104NO7P/c1-3-5-7-9-11-13-15-17-19-21-23-25-26-28-30-32-34-36-38-40-42-44-51(53)59-50(49-58-60(54,55)57-47-45-52)48-56-46-43-41-39-37-35-33-31-29-27-24-22-20-18-16-14-12-10-8-6-4-2/h50H,3-49,52H2,1-2H3,(H,54,55)/t50-/m1/s1. The first-order chi connectivity index (χ1) is 29.4. The van der Waals surface area contributed by atoms with Crippen LogP contribution in [0.1, 0.15) is 284 Å². The fourth-order valence-electron chi connectivity index (χ4n) is 8.12. The van der Waals surface area contributed by atoms with Crippen LogP contribution >= 0.6 is 7.82 Å². The Balaban J connectivity index is 3.86. The summed E-state index contributed by atoms with van der Waals surface area (Å²) in [5.74, 6) is -0.320. The van der Waals surface area contributed by atoms with Crippen molar-refractivity contribution in [3.63, 3.8) is 0 Å². The second-order valence-electron chi connectivity index (χ2n) is 18.1. The van der Waals surface area contributed by atoms with Crippen LogP contribution in [0.15, 0.2) is 0 Å². The largest absolute Gasteiger partial charge is 0.472 e. The zero-order valence-electron chi connectivity index (χ0n) is 40.2. The van der Waals surface area contributed by atoms with E-state index >= 15 is 0 Å². The highest BCUT2D eigenvalue weighted by Gasteiger charge is 2.25. The van der Waals surface area contributed by atoms with E-state index in [1.165, 1.54) is 231 Å². The van der Waals surface area contributed by atoms with Gasteiger partial charge in [-0.25, -0.2) is 4.57 Å². The van der Waals surface area contributed by atoms with Crippen molar-refractivity contribution in [2.75, 3.05) is 33.0 Å². The molecule has 0 saturated carbocycles. The molecule has 0 bridgehead atoms. The molecule has 0 radical (unpaired) electrons. The van der Waals surface area contributed by atoms with Gasteiger partial charge in [-0.1, -0.05) is 264 Å². The van der Waals surface area contributed by atoms with Crippen LogP contribution in [-0.2, 0) is 27.9 Å². The van der Waals surface area contributed by atoms with Crippen LogP contribution in [0.4, 0.5) is 0 Å². The molecule has 2 atom stereocenters. The molecule has 360 valence electrons. The summed E-state index contributed by atoms with van der Waals surface area (Å²) < 4.78 is 33.6. The summed E-state index contributed by atoms with van der Waals surface area (Å²) in [5, 5.41) is 0. The number of carbonyl (C=O) groups excluding carboxylic acids is 1. The van der Waals surface area contributed by atoms with Crippen LogP contribution in [0, 0.1) is 0 Å². The average molecular weight is 874 g/mol. The molecule has 3 N–H and O–H groups in total. The number of phosphoric acid groups is 1. The summed E-state index contributed by atoms with van der Waals surface area (Å²) in [6, 6.07) is 0. The smallest absolute Gasteiger partial charge is 0.457 e. The number of hydrogen-bond donors (Lipinski definition) is 2. The quantitative estimate of drug-likeness (QED) is 0.0352. The number of carbonyl (C=O) groups is 1. The van der Waals surface area contributed by atoms with Gasteiger partial charge >= 0.3 is 13.8 Å². The van der Waals surface area contributed by atoms with Crippen LogP contribution in [0.25, 0.3) is 0 Å². The molecule has 0 heterocycles. The van der Waals surface area contributed by atoms with Gasteiger partial charge in [0.05, 0.1) is 19.8 Å². The van der Waals surface area contributed by atoms with Gasteiger partial charge in [-0.05, 0) is 12.8 Å². The van der Waals surface area contributed by atoms with Crippen molar-refractivity contribution in [3.8, 4) is 0 Å². The maximum absolute atomic E-state index is 12.7. The average Bonchev–Trinajstić information content (AvgIpc) is 3.24. The highest BCUT2D eigenvalue weighted by molar-refractivity contribution is 7.47. The van der Waals surface area contributed by atoms with Gasteiger partial charge in [0.1, 0.15) is 6.10 Å². The molecule has 0 aliphatic rings. The van der Waals surface area contributed by atoms with Crippen molar-refractivity contribution in [2.24, 2.45) is 5.73 Å². The predicted octanol–water partition coefficient (Wildman–Crippen LogP) is 16.4. The molecule has 1 unspecified atom stereocenters. The van der Waals surface area contributed by atoms with E-state index in [1.807, 2.05) is 0 Å². The molecule has 0 aromatic carbocycles. The Morgan fingerprint density at radius 1 is 0.433 bits per heavy atom. The van der Waals surface area contributed by atoms with Crippen molar-refractivity contribution in [1.29, 1.82) is 0 Å². The van der Waals surface area contributed by atoms with E-state index in [-0.39, 0.29) is 32.3 Å². The molecule has 0 rings (SSSR count). The molecular weight excluding hydrogens is 770 g/mol. The van der Waals surface area contributed by atoms with Gasteiger partial charge in [0, 0.05) is 19.6 Å². The highest BCUT2D eigenvalue weighted by atomic mass is 31.2. The second-order valence-corrected chi connectivity index (χ2v) is 19.6. The molecule has 0 aliphatic carbocycles. The van der Waals surface area contributed by atoms with E-state index in [2.05, 4.69) is 13.8 Å². The number of esters is 1. The molecule has 0 aliphatic heterocycles. The third kappa shape index (κ3) is 48.5. The summed E-state index contributed by atoms with van der Waals surface area (Å²) in [5.41, 5.74) is 5.39. The Morgan fingerprint density at radius 2 is 0.733 bits per heavy atom. The van der Waals surface area contributed by atoms with Crippen molar-refractivity contribution in [2.45, 2.75) is 290 Å². The van der Waals surface area contributed by atoms with Gasteiger partial charge in [-0.3, -0.25) is 13.8 Å². The van der Waals surface area contributed by atoms with Gasteiger partial charge in [0.2, 0.25) is 0 Å². The molecule has 0 amide bonds. The summed E-state index contributed by atoms with van der Waals surface area (Å²) in [6.07, 6.45) is 54.3. The zero-order valence-corrected chi connectivity index (χ0v) is 41.1. The Hall–Kier alpha value is -0.500. The van der Waals surface area contributed by atoms with Gasteiger partial charge in [-0.2, -0.15) is 0 Å². The Kier molecular flexibility index (Phi) is 49.1. The zero-order chi connectivity index (χ0) is 43.7. The van der Waals surface area contributed by atoms with E-state index in [0.29, 0.717) is 13.0 Å². The first kappa shape index (κ1) is 59.5. The maximum Gasteiger partial charge on any atom is 0.472 e. The molecule has 8 nitrogen and oxygen atoms in total. The normalized spacial score (nSPS) is 13.2. The van der Waals surface area contributed by atoms with Gasteiger partial charge in [0.15, 0.2) is 0 Å². The first-order valence-electron chi connectivity index (χ1n) is 26.5. The molecule has 0 spiro atoms. The van der Waals surface area contributed by atoms with E-state index in [0.717, 1.165) is 32.1 Å². The summed E-state index contributed by atoms with van der Waals surface area (Å²) >= 11 is 0. The minimum atomic E-state index is -4.27. The lowest BCUT2D eigenvalue weighted by Crippen LogP contribution is -2.28. The first-order valence-corrected chi connectivity index (χ1v) is 28.0. The predicted molar refractivity (Wildman–Crippen MR) is 257 cm³/mol.